The molecule has 2 aliphatic heterocycles. The SMILES string of the molecule is CCC(CC)(C(=O)N1CCCC2(CCNC2)C1)c1ccccc1. The highest BCUT2D eigenvalue weighted by Gasteiger charge is 2.45. The Hall–Kier alpha value is -1.35. The molecular formula is C20H30N2O. The maximum absolute atomic E-state index is 13.5. The number of nitrogens with one attached hydrogen (secondary N) is 1. The molecule has 1 N–H and O–H groups in total. The molecule has 1 unspecified atom stereocenters. The number of amides is 1. The highest BCUT2D eigenvalue weighted by Crippen LogP contribution is 2.39. The van der Waals surface area contributed by atoms with Crippen LogP contribution in [0.5, 0.6) is 0 Å². The molecule has 3 nitrogen and oxygen atoms in total. The van der Waals surface area contributed by atoms with Gasteiger partial charge in [0.05, 0.1) is 5.41 Å². The molecule has 23 heavy (non-hydrogen) atoms. The lowest BCUT2D eigenvalue weighted by Gasteiger charge is -2.44. The topological polar surface area (TPSA) is 32.3 Å². The van der Waals surface area contributed by atoms with Gasteiger partial charge >= 0.3 is 0 Å². The van der Waals surface area contributed by atoms with Crippen LogP contribution >= 0.6 is 0 Å². The van der Waals surface area contributed by atoms with Gasteiger partial charge in [-0.1, -0.05) is 44.2 Å². The van der Waals surface area contributed by atoms with Gasteiger partial charge in [-0.05, 0) is 44.2 Å². The summed E-state index contributed by atoms with van der Waals surface area (Å²) in [5.41, 5.74) is 1.16. The van der Waals surface area contributed by atoms with E-state index < -0.39 is 0 Å². The Balaban J connectivity index is 1.86. The normalized spacial score (nSPS) is 25.0. The van der Waals surface area contributed by atoms with E-state index in [-0.39, 0.29) is 5.41 Å². The van der Waals surface area contributed by atoms with E-state index in [9.17, 15) is 4.79 Å². The molecule has 1 spiro atoms. The second-order valence-electron chi connectivity index (χ2n) is 7.41. The zero-order valence-corrected chi connectivity index (χ0v) is 14.6. The lowest BCUT2D eigenvalue weighted by Crippen LogP contribution is -2.53. The van der Waals surface area contributed by atoms with Crippen molar-refractivity contribution in [2.75, 3.05) is 26.2 Å². The summed E-state index contributed by atoms with van der Waals surface area (Å²) in [6, 6.07) is 10.4. The van der Waals surface area contributed by atoms with Gasteiger partial charge in [-0.25, -0.2) is 0 Å². The van der Waals surface area contributed by atoms with Crippen molar-refractivity contribution in [3.8, 4) is 0 Å². The minimum Gasteiger partial charge on any atom is -0.341 e. The van der Waals surface area contributed by atoms with Gasteiger partial charge in [0.25, 0.3) is 0 Å². The molecule has 2 aliphatic rings. The first-order valence-corrected chi connectivity index (χ1v) is 9.21. The van der Waals surface area contributed by atoms with E-state index >= 15 is 0 Å². The molecule has 1 atom stereocenters. The third-order valence-corrected chi connectivity index (χ3v) is 6.22. The number of nitrogens with zero attached hydrogens (tertiary/aromatic N) is 1. The van der Waals surface area contributed by atoms with Crippen molar-refractivity contribution >= 4 is 5.91 Å². The molecule has 0 saturated carbocycles. The van der Waals surface area contributed by atoms with Gasteiger partial charge in [0.1, 0.15) is 0 Å². The third-order valence-electron chi connectivity index (χ3n) is 6.22. The first-order valence-electron chi connectivity index (χ1n) is 9.21. The van der Waals surface area contributed by atoms with Gasteiger partial charge in [0.15, 0.2) is 0 Å². The molecule has 3 heteroatoms. The van der Waals surface area contributed by atoms with Crippen LogP contribution in [0.25, 0.3) is 0 Å². The van der Waals surface area contributed by atoms with Crippen LogP contribution < -0.4 is 5.32 Å². The summed E-state index contributed by atoms with van der Waals surface area (Å²) >= 11 is 0. The predicted octanol–water partition coefficient (Wildman–Crippen LogP) is 3.35. The van der Waals surface area contributed by atoms with Gasteiger partial charge in [-0.15, -0.1) is 0 Å². The summed E-state index contributed by atoms with van der Waals surface area (Å²) in [4.78, 5) is 15.7. The van der Waals surface area contributed by atoms with Crippen LogP contribution in [0.15, 0.2) is 30.3 Å². The Bertz CT molecular complexity index is 530. The number of hydrogen-bond donors (Lipinski definition) is 1. The summed E-state index contributed by atoms with van der Waals surface area (Å²) in [6.07, 6.45) is 5.36. The van der Waals surface area contributed by atoms with Gasteiger partial charge in [0.2, 0.25) is 5.91 Å². The first-order chi connectivity index (χ1) is 11.2. The van der Waals surface area contributed by atoms with Crippen LogP contribution in [0.4, 0.5) is 0 Å². The summed E-state index contributed by atoms with van der Waals surface area (Å²) in [7, 11) is 0. The minimum atomic E-state index is -0.355. The van der Waals surface area contributed by atoms with E-state index in [1.807, 2.05) is 6.07 Å². The van der Waals surface area contributed by atoms with Crippen LogP contribution in [0.3, 0.4) is 0 Å². The summed E-state index contributed by atoms with van der Waals surface area (Å²) in [5, 5.41) is 3.50. The number of benzene rings is 1. The van der Waals surface area contributed by atoms with Crippen LogP contribution in [0, 0.1) is 5.41 Å². The second-order valence-corrected chi connectivity index (χ2v) is 7.41. The van der Waals surface area contributed by atoms with E-state index in [0.29, 0.717) is 11.3 Å². The summed E-state index contributed by atoms with van der Waals surface area (Å²) in [5.74, 6) is 0.347. The fourth-order valence-corrected chi connectivity index (χ4v) is 4.67. The number of rotatable bonds is 4. The van der Waals surface area contributed by atoms with Gasteiger partial charge in [0, 0.05) is 25.0 Å². The fourth-order valence-electron chi connectivity index (χ4n) is 4.67. The van der Waals surface area contributed by atoms with E-state index in [2.05, 4.69) is 48.3 Å². The van der Waals surface area contributed by atoms with E-state index in [0.717, 1.165) is 45.4 Å². The summed E-state index contributed by atoms with van der Waals surface area (Å²) in [6.45, 7) is 8.36. The van der Waals surface area contributed by atoms with E-state index in [1.165, 1.54) is 18.4 Å². The molecule has 0 aromatic heterocycles. The van der Waals surface area contributed by atoms with Crippen LogP contribution in [-0.4, -0.2) is 37.0 Å². The lowest BCUT2D eigenvalue weighted by molar-refractivity contribution is -0.141. The van der Waals surface area contributed by atoms with Gasteiger partial charge in [-0.2, -0.15) is 0 Å². The first kappa shape index (κ1) is 16.5. The number of piperidine rings is 1. The second kappa shape index (κ2) is 6.64. The Kier molecular flexibility index (Phi) is 4.77. The maximum Gasteiger partial charge on any atom is 0.233 e. The van der Waals surface area contributed by atoms with Crippen LogP contribution in [-0.2, 0) is 10.2 Å². The maximum atomic E-state index is 13.5. The van der Waals surface area contributed by atoms with Crippen molar-refractivity contribution in [2.24, 2.45) is 5.41 Å². The fraction of sp³-hybridized carbons (Fsp3) is 0.650. The quantitative estimate of drug-likeness (QED) is 0.924. The number of hydrogen-bond acceptors (Lipinski definition) is 2. The molecule has 2 saturated heterocycles. The average Bonchev–Trinajstić information content (AvgIpc) is 3.05. The zero-order chi connectivity index (χ0) is 16.3. The molecule has 1 amide bonds. The van der Waals surface area contributed by atoms with Crippen molar-refractivity contribution in [3.63, 3.8) is 0 Å². The molecule has 2 heterocycles. The molecular weight excluding hydrogens is 284 g/mol. The van der Waals surface area contributed by atoms with E-state index in [4.69, 9.17) is 0 Å². The highest BCUT2D eigenvalue weighted by atomic mass is 16.2. The number of likely N-dealkylation sites (tertiary alicyclic amines) is 1. The van der Waals surface area contributed by atoms with Crippen molar-refractivity contribution in [1.29, 1.82) is 0 Å². The Morgan fingerprint density at radius 1 is 1.22 bits per heavy atom. The third kappa shape index (κ3) is 2.91. The molecule has 1 aromatic carbocycles. The summed E-state index contributed by atoms with van der Waals surface area (Å²) < 4.78 is 0. The average molecular weight is 314 g/mol. The smallest absolute Gasteiger partial charge is 0.233 e. The number of carbonyl (C=O) groups excluding carboxylic acids is 1. The van der Waals surface area contributed by atoms with Crippen molar-refractivity contribution in [1.82, 2.24) is 10.2 Å². The molecule has 3 rings (SSSR count). The molecule has 0 aliphatic carbocycles. The Morgan fingerprint density at radius 3 is 2.57 bits per heavy atom. The molecule has 0 radical (unpaired) electrons. The van der Waals surface area contributed by atoms with Crippen LogP contribution in [0.1, 0.15) is 51.5 Å². The van der Waals surface area contributed by atoms with Gasteiger partial charge in [-0.3, -0.25) is 4.79 Å². The van der Waals surface area contributed by atoms with Crippen molar-refractivity contribution in [2.45, 2.75) is 51.4 Å². The van der Waals surface area contributed by atoms with Crippen molar-refractivity contribution < 1.29 is 4.79 Å². The lowest BCUT2D eigenvalue weighted by atomic mass is 9.73. The molecule has 2 fully saturated rings. The Morgan fingerprint density at radius 2 is 1.96 bits per heavy atom. The zero-order valence-electron chi connectivity index (χ0n) is 14.6. The molecule has 126 valence electrons. The van der Waals surface area contributed by atoms with Crippen LogP contribution in [0.2, 0.25) is 0 Å². The van der Waals surface area contributed by atoms with Gasteiger partial charge < -0.3 is 10.2 Å². The van der Waals surface area contributed by atoms with Crippen molar-refractivity contribution in [3.05, 3.63) is 35.9 Å². The minimum absolute atomic E-state index is 0.331. The van der Waals surface area contributed by atoms with E-state index in [1.54, 1.807) is 0 Å². The molecule has 0 bridgehead atoms. The number of carbonyl (C=O) groups is 1. The monoisotopic (exact) mass is 314 g/mol. The molecule has 1 aromatic rings. The highest BCUT2D eigenvalue weighted by molar-refractivity contribution is 5.88. The predicted molar refractivity (Wildman–Crippen MR) is 94.4 cm³/mol. The Labute approximate surface area is 140 Å². The largest absolute Gasteiger partial charge is 0.341 e. The standard InChI is InChI=1S/C20H30N2O/c1-3-20(4-2,17-9-6-5-7-10-17)18(23)22-14-8-11-19(16-22)12-13-21-15-19/h5-7,9-10,21H,3-4,8,11-16H2,1-2H3.